The van der Waals surface area contributed by atoms with Crippen molar-refractivity contribution in [2.24, 2.45) is 0 Å². The van der Waals surface area contributed by atoms with Crippen LogP contribution < -0.4 is 10.2 Å². The van der Waals surface area contributed by atoms with Crippen LogP contribution in [0, 0.1) is 0 Å². The largest absolute Gasteiger partial charge is 0.459 e. The highest BCUT2D eigenvalue weighted by molar-refractivity contribution is 6.32. The SMILES string of the molecule is CCOC(=O)C(=O)NC[C@@H]1CN(c2ccccc2)C(=O)O1. The standard InChI is InChI=1S/C14H16N2O5/c1-2-20-13(18)12(17)15-8-11-9-16(14(19)21-11)10-6-4-3-5-7-10/h3-7,11H,2,8-9H2,1H3,(H,15,17)/t11-/m1/s1. The van der Waals surface area contributed by atoms with E-state index in [0.29, 0.717) is 6.54 Å². The fourth-order valence-electron chi connectivity index (χ4n) is 1.92. The molecule has 0 bridgehead atoms. The van der Waals surface area contributed by atoms with Gasteiger partial charge in [0.15, 0.2) is 0 Å². The first-order chi connectivity index (χ1) is 10.1. The van der Waals surface area contributed by atoms with Crippen LogP contribution in [0.2, 0.25) is 0 Å². The normalized spacial score (nSPS) is 17.3. The van der Waals surface area contributed by atoms with Gasteiger partial charge in [0.1, 0.15) is 6.10 Å². The third kappa shape index (κ3) is 3.71. The molecule has 2 amide bonds. The number of carbonyl (C=O) groups excluding carboxylic acids is 3. The molecule has 2 rings (SSSR count). The molecule has 0 aromatic heterocycles. The predicted octanol–water partition coefficient (Wildman–Crippen LogP) is 0.691. The van der Waals surface area contributed by atoms with E-state index in [4.69, 9.17) is 4.74 Å². The molecule has 112 valence electrons. The Morgan fingerprint density at radius 2 is 2.10 bits per heavy atom. The molecule has 1 aromatic rings. The van der Waals surface area contributed by atoms with Crippen molar-refractivity contribution in [2.45, 2.75) is 13.0 Å². The maximum absolute atomic E-state index is 11.8. The van der Waals surface area contributed by atoms with Crippen molar-refractivity contribution < 1.29 is 23.9 Å². The van der Waals surface area contributed by atoms with E-state index >= 15 is 0 Å². The first kappa shape index (κ1) is 14.8. The number of amides is 2. The molecule has 7 nitrogen and oxygen atoms in total. The van der Waals surface area contributed by atoms with Crippen molar-refractivity contribution in [3.05, 3.63) is 30.3 Å². The third-order valence-electron chi connectivity index (χ3n) is 2.89. The van der Waals surface area contributed by atoms with Crippen LogP contribution in [0.5, 0.6) is 0 Å². The number of nitrogens with one attached hydrogen (secondary N) is 1. The van der Waals surface area contributed by atoms with Gasteiger partial charge in [-0.05, 0) is 19.1 Å². The number of benzene rings is 1. The Morgan fingerprint density at radius 1 is 1.38 bits per heavy atom. The molecule has 1 saturated heterocycles. The zero-order valence-electron chi connectivity index (χ0n) is 11.6. The lowest BCUT2D eigenvalue weighted by molar-refractivity contribution is -0.154. The summed E-state index contributed by atoms with van der Waals surface area (Å²) in [6.45, 7) is 2.12. The monoisotopic (exact) mass is 292 g/mol. The lowest BCUT2D eigenvalue weighted by atomic mass is 10.2. The predicted molar refractivity (Wildman–Crippen MR) is 73.7 cm³/mol. The number of hydrogen-bond donors (Lipinski definition) is 1. The van der Waals surface area contributed by atoms with E-state index in [2.05, 4.69) is 10.1 Å². The van der Waals surface area contributed by atoms with Crippen LogP contribution in [0.15, 0.2) is 30.3 Å². The minimum absolute atomic E-state index is 0.0622. The Kier molecular flexibility index (Phi) is 4.76. The second-order valence-corrected chi connectivity index (χ2v) is 4.38. The second kappa shape index (κ2) is 6.74. The number of anilines is 1. The molecular weight excluding hydrogens is 276 g/mol. The van der Waals surface area contributed by atoms with E-state index in [-0.39, 0.29) is 13.2 Å². The quantitative estimate of drug-likeness (QED) is 0.652. The van der Waals surface area contributed by atoms with Crippen LogP contribution in [-0.2, 0) is 19.1 Å². The minimum Gasteiger partial charge on any atom is -0.459 e. The average Bonchev–Trinajstić information content (AvgIpc) is 2.87. The molecule has 0 spiro atoms. The zero-order chi connectivity index (χ0) is 15.2. The van der Waals surface area contributed by atoms with Gasteiger partial charge in [-0.25, -0.2) is 9.59 Å². The highest BCUT2D eigenvalue weighted by Crippen LogP contribution is 2.20. The van der Waals surface area contributed by atoms with Crippen molar-refractivity contribution >= 4 is 23.7 Å². The summed E-state index contributed by atoms with van der Waals surface area (Å²) in [5, 5.41) is 2.38. The van der Waals surface area contributed by atoms with E-state index in [0.717, 1.165) is 5.69 Å². The van der Waals surface area contributed by atoms with Gasteiger partial charge in [0, 0.05) is 5.69 Å². The second-order valence-electron chi connectivity index (χ2n) is 4.38. The van der Waals surface area contributed by atoms with Gasteiger partial charge in [-0.15, -0.1) is 0 Å². The lowest BCUT2D eigenvalue weighted by Crippen LogP contribution is -2.39. The number of nitrogens with zero attached hydrogens (tertiary/aromatic N) is 1. The molecule has 21 heavy (non-hydrogen) atoms. The van der Waals surface area contributed by atoms with Crippen LogP contribution in [0.25, 0.3) is 0 Å². The van der Waals surface area contributed by atoms with Gasteiger partial charge in [-0.2, -0.15) is 0 Å². The minimum atomic E-state index is -0.943. The van der Waals surface area contributed by atoms with Crippen molar-refractivity contribution in [1.29, 1.82) is 0 Å². The van der Waals surface area contributed by atoms with E-state index in [1.54, 1.807) is 19.1 Å². The Bertz CT molecular complexity index is 531. The molecule has 1 N–H and O–H groups in total. The third-order valence-corrected chi connectivity index (χ3v) is 2.89. The van der Waals surface area contributed by atoms with Crippen LogP contribution in [0.4, 0.5) is 10.5 Å². The van der Waals surface area contributed by atoms with Crippen LogP contribution in [0.3, 0.4) is 0 Å². The highest BCUT2D eigenvalue weighted by Gasteiger charge is 2.32. The molecule has 1 aromatic carbocycles. The Hall–Kier alpha value is -2.57. The van der Waals surface area contributed by atoms with Crippen LogP contribution in [-0.4, -0.2) is 43.8 Å². The number of cyclic esters (lactones) is 1. The summed E-state index contributed by atoms with van der Waals surface area (Å²) in [5.74, 6) is -1.78. The maximum Gasteiger partial charge on any atom is 0.414 e. The summed E-state index contributed by atoms with van der Waals surface area (Å²) in [6, 6.07) is 9.07. The van der Waals surface area contributed by atoms with Crippen LogP contribution in [0.1, 0.15) is 6.92 Å². The molecule has 1 fully saturated rings. The molecule has 0 unspecified atom stereocenters. The van der Waals surface area contributed by atoms with Gasteiger partial charge in [-0.3, -0.25) is 9.69 Å². The molecule has 1 heterocycles. The van der Waals surface area contributed by atoms with E-state index in [1.165, 1.54) is 4.90 Å². The maximum atomic E-state index is 11.8. The number of rotatable bonds is 4. The van der Waals surface area contributed by atoms with Crippen LogP contribution >= 0.6 is 0 Å². The number of ether oxygens (including phenoxy) is 2. The summed E-state index contributed by atoms with van der Waals surface area (Å²) in [4.78, 5) is 35.8. The van der Waals surface area contributed by atoms with Gasteiger partial charge < -0.3 is 14.8 Å². The summed E-state index contributed by atoms with van der Waals surface area (Å²) < 4.78 is 9.70. The first-order valence-corrected chi connectivity index (χ1v) is 6.60. The van der Waals surface area contributed by atoms with Gasteiger partial charge >= 0.3 is 18.0 Å². The molecular formula is C14H16N2O5. The van der Waals surface area contributed by atoms with Gasteiger partial charge in [0.2, 0.25) is 0 Å². The van der Waals surface area contributed by atoms with Crippen molar-refractivity contribution in [1.82, 2.24) is 5.32 Å². The number of para-hydroxylation sites is 1. The fourth-order valence-corrected chi connectivity index (χ4v) is 1.92. The van der Waals surface area contributed by atoms with Gasteiger partial charge in [0.25, 0.3) is 0 Å². The Labute approximate surface area is 121 Å². The summed E-state index contributed by atoms with van der Waals surface area (Å²) in [6.07, 6.45) is -0.979. The number of carbonyl (C=O) groups is 3. The van der Waals surface area contributed by atoms with E-state index in [9.17, 15) is 14.4 Å². The molecule has 0 aliphatic carbocycles. The van der Waals surface area contributed by atoms with E-state index in [1.807, 2.05) is 18.2 Å². The van der Waals surface area contributed by atoms with Crippen molar-refractivity contribution in [3.63, 3.8) is 0 Å². The molecule has 1 atom stereocenters. The summed E-state index contributed by atoms with van der Waals surface area (Å²) >= 11 is 0. The first-order valence-electron chi connectivity index (χ1n) is 6.60. The summed E-state index contributed by atoms with van der Waals surface area (Å²) in [5.41, 5.74) is 0.724. The Morgan fingerprint density at radius 3 is 2.76 bits per heavy atom. The topological polar surface area (TPSA) is 84.9 Å². The summed E-state index contributed by atoms with van der Waals surface area (Å²) in [7, 11) is 0. The highest BCUT2D eigenvalue weighted by atomic mass is 16.6. The lowest BCUT2D eigenvalue weighted by Gasteiger charge is -2.12. The Balaban J connectivity index is 1.86. The number of esters is 1. The molecule has 1 aliphatic heterocycles. The van der Waals surface area contributed by atoms with Crippen molar-refractivity contribution in [2.75, 3.05) is 24.6 Å². The molecule has 0 saturated carbocycles. The smallest absolute Gasteiger partial charge is 0.414 e. The number of hydrogen-bond acceptors (Lipinski definition) is 5. The molecule has 0 radical (unpaired) electrons. The van der Waals surface area contributed by atoms with E-state index < -0.39 is 24.1 Å². The van der Waals surface area contributed by atoms with Crippen molar-refractivity contribution in [3.8, 4) is 0 Å². The van der Waals surface area contributed by atoms with Gasteiger partial charge in [-0.1, -0.05) is 18.2 Å². The average molecular weight is 292 g/mol. The van der Waals surface area contributed by atoms with Gasteiger partial charge in [0.05, 0.1) is 19.7 Å². The molecule has 7 heteroatoms. The fraction of sp³-hybridized carbons (Fsp3) is 0.357. The molecule has 1 aliphatic rings. The zero-order valence-corrected chi connectivity index (χ0v) is 11.6.